The molecule has 4 rings (SSSR count). The van der Waals surface area contributed by atoms with Gasteiger partial charge in [0.2, 0.25) is 0 Å². The van der Waals surface area contributed by atoms with E-state index in [0.717, 1.165) is 33.9 Å². The molecular formula is C20H17ClF3N5O. The second-order valence-electron chi connectivity index (χ2n) is 6.89. The maximum Gasteiger partial charge on any atom is 0.416 e. The minimum atomic E-state index is -4.52. The van der Waals surface area contributed by atoms with Gasteiger partial charge in [-0.05, 0) is 30.2 Å². The third kappa shape index (κ3) is 3.77. The number of aryl methyl sites for hydroxylation is 1. The van der Waals surface area contributed by atoms with E-state index in [1.54, 1.807) is 0 Å². The Morgan fingerprint density at radius 1 is 1.23 bits per heavy atom. The molecule has 0 amide bonds. The molecule has 1 aliphatic rings. The van der Waals surface area contributed by atoms with Crippen molar-refractivity contribution in [3.05, 3.63) is 74.7 Å². The third-order valence-electron chi connectivity index (χ3n) is 4.97. The van der Waals surface area contributed by atoms with Crippen molar-refractivity contribution in [1.82, 2.24) is 19.7 Å². The second-order valence-corrected chi connectivity index (χ2v) is 7.27. The summed E-state index contributed by atoms with van der Waals surface area (Å²) < 4.78 is 39.9. The van der Waals surface area contributed by atoms with Crippen molar-refractivity contribution in [2.45, 2.75) is 32.5 Å². The number of anilines is 1. The summed E-state index contributed by atoms with van der Waals surface area (Å²) in [4.78, 5) is 23.5. The summed E-state index contributed by atoms with van der Waals surface area (Å²) in [6.07, 6.45) is 0.0969. The number of halogens is 4. The predicted molar refractivity (Wildman–Crippen MR) is 106 cm³/mol. The van der Waals surface area contributed by atoms with Crippen molar-refractivity contribution < 1.29 is 13.2 Å². The van der Waals surface area contributed by atoms with E-state index in [9.17, 15) is 18.0 Å². The van der Waals surface area contributed by atoms with Crippen molar-refractivity contribution >= 4 is 17.3 Å². The summed E-state index contributed by atoms with van der Waals surface area (Å²) in [6.45, 7) is 3.01. The number of benzene rings is 1. The van der Waals surface area contributed by atoms with E-state index >= 15 is 0 Å². The van der Waals surface area contributed by atoms with Gasteiger partial charge >= 0.3 is 6.18 Å². The highest BCUT2D eigenvalue weighted by Crippen LogP contribution is 2.31. The number of fused-ring (bicyclic) bond motifs is 1. The minimum Gasteiger partial charge on any atom is -0.363 e. The zero-order valence-electron chi connectivity index (χ0n) is 15.9. The van der Waals surface area contributed by atoms with E-state index in [-0.39, 0.29) is 10.7 Å². The highest BCUT2D eigenvalue weighted by Gasteiger charge is 2.31. The fraction of sp³-hybridized carbons (Fsp3) is 0.300. The maximum atomic E-state index is 13.0. The van der Waals surface area contributed by atoms with Gasteiger partial charge in [0, 0.05) is 19.2 Å². The number of aromatic nitrogens is 4. The Kier molecular flexibility index (Phi) is 5.23. The van der Waals surface area contributed by atoms with Crippen LogP contribution in [0.3, 0.4) is 0 Å². The molecule has 0 saturated carbocycles. The molecule has 1 aromatic carbocycles. The lowest BCUT2D eigenvalue weighted by Gasteiger charge is -2.30. The summed E-state index contributed by atoms with van der Waals surface area (Å²) in [5.41, 5.74) is 0.778. The molecule has 0 unspecified atom stereocenters. The number of rotatable bonds is 3. The zero-order valence-corrected chi connectivity index (χ0v) is 16.7. The van der Waals surface area contributed by atoms with Crippen LogP contribution in [0.5, 0.6) is 0 Å². The SMILES string of the molecule is CCc1ncc2c(n1)CN(c1cnn(-c3cccc(C(F)(F)F)c3)c(=O)c1Cl)CC2. The lowest BCUT2D eigenvalue weighted by atomic mass is 10.1. The number of nitrogens with zero attached hydrogens (tertiary/aromatic N) is 5. The standard InChI is InChI=1S/C20H17ClF3N5O/c1-2-17-25-9-12-6-7-28(11-15(12)27-17)16-10-26-29(19(30)18(16)21)14-5-3-4-13(8-14)20(22,23)24/h3-5,8-10H,2,6-7,11H2,1H3. The molecule has 0 saturated heterocycles. The molecule has 2 aromatic heterocycles. The fourth-order valence-electron chi connectivity index (χ4n) is 3.36. The first kappa shape index (κ1) is 20.3. The van der Waals surface area contributed by atoms with Gasteiger partial charge < -0.3 is 4.90 Å². The molecule has 10 heteroatoms. The topological polar surface area (TPSA) is 63.9 Å². The summed E-state index contributed by atoms with van der Waals surface area (Å²) >= 11 is 6.33. The largest absolute Gasteiger partial charge is 0.416 e. The first-order valence-electron chi connectivity index (χ1n) is 9.32. The van der Waals surface area contributed by atoms with Crippen LogP contribution in [0.4, 0.5) is 18.9 Å². The van der Waals surface area contributed by atoms with Crippen molar-refractivity contribution in [3.8, 4) is 5.69 Å². The predicted octanol–water partition coefficient (Wildman–Crippen LogP) is 3.82. The van der Waals surface area contributed by atoms with Crippen molar-refractivity contribution in [3.63, 3.8) is 0 Å². The molecule has 0 bridgehead atoms. The van der Waals surface area contributed by atoms with E-state index in [4.69, 9.17) is 11.6 Å². The quantitative estimate of drug-likeness (QED) is 0.626. The fourth-order valence-corrected chi connectivity index (χ4v) is 3.61. The normalized spacial score (nSPS) is 14.0. The Hall–Kier alpha value is -2.94. The zero-order chi connectivity index (χ0) is 21.5. The average molecular weight is 436 g/mol. The summed E-state index contributed by atoms with van der Waals surface area (Å²) in [6, 6.07) is 4.40. The summed E-state index contributed by atoms with van der Waals surface area (Å²) in [5.74, 6) is 0.736. The molecule has 30 heavy (non-hydrogen) atoms. The Morgan fingerprint density at radius 2 is 2.03 bits per heavy atom. The van der Waals surface area contributed by atoms with Crippen molar-refractivity contribution in [2.75, 3.05) is 11.4 Å². The molecular weight excluding hydrogens is 419 g/mol. The number of hydrogen-bond donors (Lipinski definition) is 0. The molecule has 1 aliphatic heterocycles. The van der Waals surface area contributed by atoms with Gasteiger partial charge in [0.05, 0.1) is 35.4 Å². The minimum absolute atomic E-state index is 0.00686. The molecule has 0 fully saturated rings. The average Bonchev–Trinajstić information content (AvgIpc) is 2.74. The van der Waals surface area contributed by atoms with Crippen LogP contribution in [0.2, 0.25) is 5.02 Å². The van der Waals surface area contributed by atoms with Crippen LogP contribution < -0.4 is 10.5 Å². The molecule has 0 N–H and O–H groups in total. The lowest BCUT2D eigenvalue weighted by Crippen LogP contribution is -2.34. The monoisotopic (exact) mass is 435 g/mol. The van der Waals surface area contributed by atoms with Gasteiger partial charge in [-0.15, -0.1) is 0 Å². The molecule has 6 nitrogen and oxygen atoms in total. The second kappa shape index (κ2) is 7.71. The van der Waals surface area contributed by atoms with Crippen LogP contribution in [0.1, 0.15) is 29.6 Å². The van der Waals surface area contributed by atoms with Gasteiger partial charge in [-0.25, -0.2) is 9.97 Å². The first-order valence-corrected chi connectivity index (χ1v) is 9.69. The van der Waals surface area contributed by atoms with E-state index < -0.39 is 17.3 Å². The molecule has 156 valence electrons. The van der Waals surface area contributed by atoms with Crippen LogP contribution in [-0.4, -0.2) is 26.3 Å². The van der Waals surface area contributed by atoms with Gasteiger partial charge in [0.15, 0.2) is 0 Å². The van der Waals surface area contributed by atoms with Gasteiger partial charge in [0.25, 0.3) is 5.56 Å². The molecule has 0 spiro atoms. The van der Waals surface area contributed by atoms with Crippen molar-refractivity contribution in [2.24, 2.45) is 0 Å². The molecule has 3 heterocycles. The van der Waals surface area contributed by atoms with E-state index in [1.807, 2.05) is 18.0 Å². The van der Waals surface area contributed by atoms with E-state index in [1.165, 1.54) is 18.3 Å². The summed E-state index contributed by atoms with van der Waals surface area (Å²) in [5, 5.41) is 3.97. The third-order valence-corrected chi connectivity index (χ3v) is 5.33. The molecule has 3 aromatic rings. The van der Waals surface area contributed by atoms with Crippen LogP contribution in [-0.2, 0) is 25.6 Å². The smallest absolute Gasteiger partial charge is 0.363 e. The van der Waals surface area contributed by atoms with Gasteiger partial charge in [0.1, 0.15) is 10.8 Å². The first-order chi connectivity index (χ1) is 14.3. The van der Waals surface area contributed by atoms with Gasteiger partial charge in [-0.3, -0.25) is 4.79 Å². The Bertz CT molecular complexity index is 1160. The molecule has 0 atom stereocenters. The highest BCUT2D eigenvalue weighted by atomic mass is 35.5. The molecule has 0 aliphatic carbocycles. The van der Waals surface area contributed by atoms with Crippen LogP contribution >= 0.6 is 11.6 Å². The Morgan fingerprint density at radius 3 is 2.77 bits per heavy atom. The number of alkyl halides is 3. The summed E-state index contributed by atoms with van der Waals surface area (Å²) in [7, 11) is 0. The van der Waals surface area contributed by atoms with Gasteiger partial charge in [-0.2, -0.15) is 23.0 Å². The lowest BCUT2D eigenvalue weighted by molar-refractivity contribution is -0.137. The van der Waals surface area contributed by atoms with Gasteiger partial charge in [-0.1, -0.05) is 24.6 Å². The molecule has 0 radical (unpaired) electrons. The van der Waals surface area contributed by atoms with Crippen LogP contribution in [0.25, 0.3) is 5.69 Å². The van der Waals surface area contributed by atoms with Crippen LogP contribution in [0, 0.1) is 0 Å². The maximum absolute atomic E-state index is 13.0. The Labute approximate surface area is 175 Å². The number of hydrogen-bond acceptors (Lipinski definition) is 5. The van der Waals surface area contributed by atoms with E-state index in [0.29, 0.717) is 31.6 Å². The highest BCUT2D eigenvalue weighted by molar-refractivity contribution is 6.33. The van der Waals surface area contributed by atoms with Crippen LogP contribution in [0.15, 0.2) is 41.5 Å². The Balaban J connectivity index is 1.68. The van der Waals surface area contributed by atoms with E-state index in [2.05, 4.69) is 15.1 Å². The van der Waals surface area contributed by atoms with Crippen molar-refractivity contribution in [1.29, 1.82) is 0 Å².